The lowest BCUT2D eigenvalue weighted by Gasteiger charge is -2.26. The van der Waals surface area contributed by atoms with E-state index in [2.05, 4.69) is 24.4 Å². The molecular weight excluding hydrogens is 252 g/mol. The van der Waals surface area contributed by atoms with Crippen LogP contribution in [0.2, 0.25) is 0 Å². The van der Waals surface area contributed by atoms with E-state index in [-0.39, 0.29) is 5.91 Å². The molecule has 0 radical (unpaired) electrons. The number of nitrogens with zero attached hydrogens (tertiary/aromatic N) is 1. The molecule has 1 saturated carbocycles. The van der Waals surface area contributed by atoms with E-state index in [0.717, 1.165) is 24.3 Å². The van der Waals surface area contributed by atoms with Crippen LogP contribution in [0.25, 0.3) is 0 Å². The molecule has 0 bridgehead atoms. The molecule has 1 fully saturated rings. The van der Waals surface area contributed by atoms with E-state index in [4.69, 9.17) is 4.74 Å². The van der Waals surface area contributed by atoms with Crippen molar-refractivity contribution in [3.8, 4) is 5.75 Å². The highest BCUT2D eigenvalue weighted by Gasteiger charge is 2.23. The van der Waals surface area contributed by atoms with Crippen molar-refractivity contribution >= 4 is 11.6 Å². The predicted octanol–water partition coefficient (Wildman–Crippen LogP) is 3.24. The molecule has 0 saturated heterocycles. The van der Waals surface area contributed by atoms with Gasteiger partial charge in [-0.3, -0.25) is 4.79 Å². The van der Waals surface area contributed by atoms with Crippen LogP contribution in [-0.2, 0) is 0 Å². The molecule has 0 heterocycles. The monoisotopic (exact) mass is 274 g/mol. The Morgan fingerprint density at radius 3 is 2.35 bits per heavy atom. The summed E-state index contributed by atoms with van der Waals surface area (Å²) in [6.07, 6.45) is 3.55. The van der Waals surface area contributed by atoms with Crippen LogP contribution in [0.5, 0.6) is 5.75 Å². The molecule has 0 spiro atoms. The predicted molar refractivity (Wildman–Crippen MR) is 80.1 cm³/mol. The maximum absolute atomic E-state index is 12.0. The van der Waals surface area contributed by atoms with Crippen molar-refractivity contribution in [2.75, 3.05) is 7.11 Å². The minimum Gasteiger partial charge on any atom is -0.497 e. The number of ether oxygens (including phenoxy) is 1. The van der Waals surface area contributed by atoms with Crippen molar-refractivity contribution in [1.82, 2.24) is 5.43 Å². The molecule has 1 aliphatic carbocycles. The second kappa shape index (κ2) is 6.55. The van der Waals surface area contributed by atoms with Crippen LogP contribution in [0.4, 0.5) is 0 Å². The molecule has 4 heteroatoms. The van der Waals surface area contributed by atoms with Crippen LogP contribution in [0.1, 0.15) is 43.5 Å². The molecule has 2 rings (SSSR count). The maximum atomic E-state index is 12.0. The number of hydrogen-bond acceptors (Lipinski definition) is 3. The van der Waals surface area contributed by atoms with Crippen LogP contribution in [0.3, 0.4) is 0 Å². The normalized spacial score (nSPS) is 24.4. The van der Waals surface area contributed by atoms with Crippen molar-refractivity contribution in [3.63, 3.8) is 0 Å². The lowest BCUT2D eigenvalue weighted by Crippen LogP contribution is -2.29. The lowest BCUT2D eigenvalue weighted by molar-refractivity contribution is 0.0954. The maximum Gasteiger partial charge on any atom is 0.271 e. The van der Waals surface area contributed by atoms with Gasteiger partial charge in [-0.05, 0) is 48.9 Å². The second-order valence-corrected chi connectivity index (χ2v) is 5.44. The summed E-state index contributed by atoms with van der Waals surface area (Å²) in [5.41, 5.74) is 4.37. The van der Waals surface area contributed by atoms with Gasteiger partial charge in [0.1, 0.15) is 5.75 Å². The summed E-state index contributed by atoms with van der Waals surface area (Å²) in [6, 6.07) is 7.02. The molecule has 108 valence electrons. The fraction of sp³-hybridized carbons (Fsp3) is 0.500. The highest BCUT2D eigenvalue weighted by atomic mass is 16.5. The number of rotatable bonds is 3. The Bertz CT molecular complexity index is 482. The molecule has 20 heavy (non-hydrogen) atoms. The van der Waals surface area contributed by atoms with Crippen molar-refractivity contribution in [2.24, 2.45) is 16.9 Å². The van der Waals surface area contributed by atoms with Gasteiger partial charge < -0.3 is 4.74 Å². The summed E-state index contributed by atoms with van der Waals surface area (Å²) in [6.45, 7) is 4.35. The second-order valence-electron chi connectivity index (χ2n) is 5.44. The third kappa shape index (κ3) is 3.38. The number of carbonyl (C=O) groups excluding carboxylic acids is 1. The fourth-order valence-corrected chi connectivity index (χ4v) is 2.65. The first kappa shape index (κ1) is 14.6. The molecule has 1 aromatic carbocycles. The Kier molecular flexibility index (Phi) is 4.77. The SMILES string of the molecule is COc1ccc(C(=O)NN=C2[C@H](C)CCC[C@@H]2C)cc1. The molecule has 2 atom stereocenters. The van der Waals surface area contributed by atoms with Gasteiger partial charge in [-0.2, -0.15) is 5.10 Å². The Morgan fingerprint density at radius 2 is 1.80 bits per heavy atom. The first-order chi connectivity index (χ1) is 9.61. The van der Waals surface area contributed by atoms with Gasteiger partial charge in [-0.1, -0.05) is 20.3 Å². The molecule has 4 nitrogen and oxygen atoms in total. The van der Waals surface area contributed by atoms with Gasteiger partial charge in [0.2, 0.25) is 0 Å². The van der Waals surface area contributed by atoms with Crippen molar-refractivity contribution in [1.29, 1.82) is 0 Å². The minimum atomic E-state index is -0.176. The van der Waals surface area contributed by atoms with Gasteiger partial charge in [0.05, 0.1) is 7.11 Å². The Morgan fingerprint density at radius 1 is 1.20 bits per heavy atom. The Hall–Kier alpha value is -1.84. The van der Waals surface area contributed by atoms with E-state index in [0.29, 0.717) is 17.4 Å². The van der Waals surface area contributed by atoms with Crippen molar-refractivity contribution < 1.29 is 9.53 Å². The molecule has 0 aliphatic heterocycles. The summed E-state index contributed by atoms with van der Waals surface area (Å²) in [4.78, 5) is 12.0. The van der Waals surface area contributed by atoms with E-state index in [1.807, 2.05) is 0 Å². The first-order valence-corrected chi connectivity index (χ1v) is 7.13. The number of carbonyl (C=O) groups is 1. The zero-order valence-electron chi connectivity index (χ0n) is 12.3. The van der Waals surface area contributed by atoms with Gasteiger partial charge >= 0.3 is 0 Å². The van der Waals surface area contributed by atoms with E-state index in [9.17, 15) is 4.79 Å². The van der Waals surface area contributed by atoms with Gasteiger partial charge in [0, 0.05) is 11.3 Å². The highest BCUT2D eigenvalue weighted by molar-refractivity contribution is 5.96. The Balaban J connectivity index is 2.03. The number of benzene rings is 1. The summed E-state index contributed by atoms with van der Waals surface area (Å²) >= 11 is 0. The van der Waals surface area contributed by atoms with Gasteiger partial charge in [0.25, 0.3) is 5.91 Å². The van der Waals surface area contributed by atoms with Gasteiger partial charge in [-0.25, -0.2) is 5.43 Å². The smallest absolute Gasteiger partial charge is 0.271 e. The largest absolute Gasteiger partial charge is 0.497 e. The summed E-state index contributed by atoms with van der Waals surface area (Å²) in [5.74, 6) is 1.47. The Labute approximate surface area is 120 Å². The summed E-state index contributed by atoms with van der Waals surface area (Å²) in [5, 5.41) is 4.35. The number of methoxy groups -OCH3 is 1. The molecule has 1 amide bonds. The van der Waals surface area contributed by atoms with E-state index in [1.165, 1.54) is 6.42 Å². The van der Waals surface area contributed by atoms with Gasteiger partial charge in [0.15, 0.2) is 0 Å². The minimum absolute atomic E-state index is 0.176. The number of nitrogens with one attached hydrogen (secondary N) is 1. The molecule has 1 aromatic rings. The molecular formula is C16H22N2O2. The van der Waals surface area contributed by atoms with Crippen molar-refractivity contribution in [3.05, 3.63) is 29.8 Å². The standard InChI is InChI=1S/C16H22N2O2/c1-11-5-4-6-12(2)15(11)17-18-16(19)13-7-9-14(20-3)10-8-13/h7-12H,4-6H2,1-3H3,(H,18,19)/t11-,12+. The number of amides is 1. The quantitative estimate of drug-likeness (QED) is 0.860. The first-order valence-electron chi connectivity index (χ1n) is 7.13. The molecule has 0 unspecified atom stereocenters. The lowest BCUT2D eigenvalue weighted by atomic mass is 9.81. The van der Waals surface area contributed by atoms with Crippen molar-refractivity contribution in [2.45, 2.75) is 33.1 Å². The average Bonchev–Trinajstić information content (AvgIpc) is 2.46. The van der Waals surface area contributed by atoms with Crippen LogP contribution in [-0.4, -0.2) is 18.7 Å². The van der Waals surface area contributed by atoms with E-state index < -0.39 is 0 Å². The third-order valence-corrected chi connectivity index (χ3v) is 3.92. The molecule has 1 aliphatic rings. The number of hydrogen-bond donors (Lipinski definition) is 1. The zero-order chi connectivity index (χ0) is 14.5. The van der Waals surface area contributed by atoms with E-state index in [1.54, 1.807) is 31.4 Å². The highest BCUT2D eigenvalue weighted by Crippen LogP contribution is 2.25. The van der Waals surface area contributed by atoms with Crippen LogP contribution >= 0.6 is 0 Å². The zero-order valence-corrected chi connectivity index (χ0v) is 12.3. The molecule has 1 N–H and O–H groups in total. The van der Waals surface area contributed by atoms with Gasteiger partial charge in [-0.15, -0.1) is 0 Å². The topological polar surface area (TPSA) is 50.7 Å². The van der Waals surface area contributed by atoms with Crippen LogP contribution in [0.15, 0.2) is 29.4 Å². The number of hydrazone groups is 1. The average molecular weight is 274 g/mol. The summed E-state index contributed by atoms with van der Waals surface area (Å²) < 4.78 is 5.07. The van der Waals surface area contributed by atoms with Crippen LogP contribution < -0.4 is 10.2 Å². The molecule has 0 aromatic heterocycles. The summed E-state index contributed by atoms with van der Waals surface area (Å²) in [7, 11) is 1.60. The van der Waals surface area contributed by atoms with Crippen LogP contribution in [0, 0.1) is 11.8 Å². The third-order valence-electron chi connectivity index (χ3n) is 3.92. The van der Waals surface area contributed by atoms with E-state index >= 15 is 0 Å². The fourth-order valence-electron chi connectivity index (χ4n) is 2.65.